The van der Waals surface area contributed by atoms with Gasteiger partial charge in [-0.2, -0.15) is 0 Å². The molecule has 2 aliphatic rings. The molecule has 1 aromatic heterocycles. The van der Waals surface area contributed by atoms with E-state index in [1.165, 1.54) is 17.1 Å². The molecule has 1 saturated carbocycles. The first-order valence-corrected chi connectivity index (χ1v) is 8.87. The quantitative estimate of drug-likeness (QED) is 0.922. The molecule has 2 fully saturated rings. The van der Waals surface area contributed by atoms with Crippen LogP contribution in [0.3, 0.4) is 0 Å². The van der Waals surface area contributed by atoms with Crippen molar-refractivity contribution in [2.24, 2.45) is 13.0 Å². The molecule has 1 aliphatic carbocycles. The average Bonchev–Trinajstić information content (AvgIpc) is 3.13. The van der Waals surface area contributed by atoms with Crippen LogP contribution in [0.15, 0.2) is 17.1 Å². The van der Waals surface area contributed by atoms with E-state index in [1.807, 2.05) is 0 Å². The molecular weight excluding hydrogens is 306 g/mol. The first kappa shape index (κ1) is 16.7. The Kier molecular flexibility index (Phi) is 5.02. The summed E-state index contributed by atoms with van der Waals surface area (Å²) in [6.45, 7) is 1.51. The topological polar surface area (TPSA) is 71.4 Å². The molecule has 1 aromatic rings. The maximum atomic E-state index is 12.5. The molecule has 2 heterocycles. The third-order valence-electron chi connectivity index (χ3n) is 5.06. The predicted molar refractivity (Wildman–Crippen MR) is 92.0 cm³/mol. The monoisotopic (exact) mass is 331 g/mol. The van der Waals surface area contributed by atoms with Crippen LogP contribution >= 0.6 is 0 Å². The largest absolute Gasteiger partial charge is 0.339 e. The summed E-state index contributed by atoms with van der Waals surface area (Å²) in [6, 6.07) is 1.53. The fraction of sp³-hybridized carbons (Fsp3) is 0.611. The minimum Gasteiger partial charge on any atom is -0.339 e. The number of rotatable bonds is 3. The predicted octanol–water partition coefficient (Wildman–Crippen LogP) is 2.14. The maximum Gasteiger partial charge on any atom is 0.274 e. The summed E-state index contributed by atoms with van der Waals surface area (Å²) in [5.41, 5.74) is 0.383. The Hall–Kier alpha value is -2.11. The number of nitrogens with one attached hydrogen (secondary N) is 1. The summed E-state index contributed by atoms with van der Waals surface area (Å²) in [5, 5.41) is 2.76. The van der Waals surface area contributed by atoms with Crippen LogP contribution in [0.5, 0.6) is 0 Å². The van der Waals surface area contributed by atoms with E-state index in [-0.39, 0.29) is 29.0 Å². The standard InChI is InChI=1S/C18H25N3O3/c1-20-12-14(17(23)21-9-5-6-10-21)11-15(18(20)24)19-16(22)13-7-3-2-4-8-13/h11-13H,2-10H2,1H3,(H,19,22). The van der Waals surface area contributed by atoms with E-state index in [0.29, 0.717) is 5.56 Å². The fourth-order valence-corrected chi connectivity index (χ4v) is 3.62. The van der Waals surface area contributed by atoms with Crippen LogP contribution in [0.2, 0.25) is 0 Å². The van der Waals surface area contributed by atoms with Gasteiger partial charge in [-0.1, -0.05) is 19.3 Å². The number of nitrogens with zero attached hydrogens (tertiary/aromatic N) is 2. The summed E-state index contributed by atoms with van der Waals surface area (Å²) in [5.74, 6) is -0.199. The molecule has 3 rings (SSSR count). The van der Waals surface area contributed by atoms with Crippen LogP contribution < -0.4 is 10.9 Å². The van der Waals surface area contributed by atoms with Crippen molar-refractivity contribution in [3.8, 4) is 0 Å². The highest BCUT2D eigenvalue weighted by atomic mass is 16.2. The Bertz CT molecular complexity index is 683. The SMILES string of the molecule is Cn1cc(C(=O)N2CCCC2)cc(NC(=O)C2CCCCC2)c1=O. The summed E-state index contributed by atoms with van der Waals surface area (Å²) in [4.78, 5) is 39.1. The molecule has 24 heavy (non-hydrogen) atoms. The van der Waals surface area contributed by atoms with Gasteiger partial charge in [0.1, 0.15) is 5.69 Å². The second kappa shape index (κ2) is 7.20. The van der Waals surface area contributed by atoms with Crippen molar-refractivity contribution in [2.75, 3.05) is 18.4 Å². The number of pyridine rings is 1. The molecule has 1 saturated heterocycles. The second-order valence-corrected chi connectivity index (χ2v) is 6.88. The second-order valence-electron chi connectivity index (χ2n) is 6.88. The van der Waals surface area contributed by atoms with Crippen LogP contribution in [-0.4, -0.2) is 34.4 Å². The number of hydrogen-bond acceptors (Lipinski definition) is 3. The molecule has 1 N–H and O–H groups in total. The molecule has 2 amide bonds. The van der Waals surface area contributed by atoms with E-state index in [9.17, 15) is 14.4 Å². The highest BCUT2D eigenvalue weighted by molar-refractivity contribution is 5.97. The van der Waals surface area contributed by atoms with Gasteiger partial charge in [0.25, 0.3) is 11.5 Å². The minimum absolute atomic E-state index is 0.0265. The van der Waals surface area contributed by atoms with Gasteiger partial charge >= 0.3 is 0 Å². The number of likely N-dealkylation sites (tertiary alicyclic amines) is 1. The van der Waals surface area contributed by atoms with Gasteiger partial charge in [0.15, 0.2) is 0 Å². The molecule has 0 spiro atoms. The number of amides is 2. The molecule has 0 aromatic carbocycles. The van der Waals surface area contributed by atoms with Crippen LogP contribution in [0.25, 0.3) is 0 Å². The lowest BCUT2D eigenvalue weighted by molar-refractivity contribution is -0.120. The summed E-state index contributed by atoms with van der Waals surface area (Å²) < 4.78 is 1.37. The molecular formula is C18H25N3O3. The highest BCUT2D eigenvalue weighted by Crippen LogP contribution is 2.24. The fourth-order valence-electron chi connectivity index (χ4n) is 3.62. The lowest BCUT2D eigenvalue weighted by Gasteiger charge is -2.21. The van der Waals surface area contributed by atoms with Crippen molar-refractivity contribution in [1.82, 2.24) is 9.47 Å². The number of aromatic nitrogens is 1. The molecule has 0 unspecified atom stereocenters. The third-order valence-corrected chi connectivity index (χ3v) is 5.06. The van der Waals surface area contributed by atoms with Crippen LogP contribution in [0.4, 0.5) is 5.69 Å². The Labute approximate surface area is 141 Å². The van der Waals surface area contributed by atoms with E-state index in [4.69, 9.17) is 0 Å². The normalized spacial score (nSPS) is 18.6. The molecule has 0 bridgehead atoms. The van der Waals surface area contributed by atoms with Gasteiger partial charge in [0.2, 0.25) is 5.91 Å². The third kappa shape index (κ3) is 3.52. The smallest absolute Gasteiger partial charge is 0.274 e. The number of carbonyl (C=O) groups is 2. The van der Waals surface area contributed by atoms with Crippen LogP contribution in [0.1, 0.15) is 55.3 Å². The van der Waals surface area contributed by atoms with Gasteiger partial charge in [-0.15, -0.1) is 0 Å². The maximum absolute atomic E-state index is 12.5. The first-order chi connectivity index (χ1) is 11.6. The Morgan fingerprint density at radius 1 is 1.08 bits per heavy atom. The Morgan fingerprint density at radius 3 is 2.42 bits per heavy atom. The number of aryl methyl sites for hydroxylation is 1. The molecule has 0 radical (unpaired) electrons. The zero-order valence-electron chi connectivity index (χ0n) is 14.2. The van der Waals surface area contributed by atoms with Crippen LogP contribution in [-0.2, 0) is 11.8 Å². The Balaban J connectivity index is 1.80. The lowest BCUT2D eigenvalue weighted by Crippen LogP contribution is -2.32. The zero-order valence-corrected chi connectivity index (χ0v) is 14.2. The highest BCUT2D eigenvalue weighted by Gasteiger charge is 2.24. The molecule has 1 aliphatic heterocycles. The summed E-state index contributed by atoms with van der Waals surface area (Å²) in [6.07, 6.45) is 8.63. The van der Waals surface area contributed by atoms with E-state index in [1.54, 1.807) is 18.1 Å². The average molecular weight is 331 g/mol. The Morgan fingerprint density at radius 2 is 1.75 bits per heavy atom. The van der Waals surface area contributed by atoms with E-state index < -0.39 is 0 Å². The molecule has 6 heteroatoms. The first-order valence-electron chi connectivity index (χ1n) is 8.87. The van der Waals surface area contributed by atoms with Crippen LogP contribution in [0, 0.1) is 5.92 Å². The van der Waals surface area contributed by atoms with Gasteiger partial charge in [-0.3, -0.25) is 14.4 Å². The summed E-state index contributed by atoms with van der Waals surface area (Å²) >= 11 is 0. The van der Waals surface area contributed by atoms with Gasteiger partial charge in [0, 0.05) is 32.3 Å². The van der Waals surface area contributed by atoms with Crippen molar-refractivity contribution in [3.63, 3.8) is 0 Å². The van der Waals surface area contributed by atoms with Crippen molar-refractivity contribution in [3.05, 3.63) is 28.2 Å². The lowest BCUT2D eigenvalue weighted by atomic mass is 9.88. The number of carbonyl (C=O) groups excluding carboxylic acids is 2. The van der Waals surface area contributed by atoms with Gasteiger partial charge in [-0.25, -0.2) is 0 Å². The minimum atomic E-state index is -0.280. The van der Waals surface area contributed by atoms with Gasteiger partial charge < -0.3 is 14.8 Å². The van der Waals surface area contributed by atoms with Gasteiger partial charge in [-0.05, 0) is 31.7 Å². The van der Waals surface area contributed by atoms with Crippen molar-refractivity contribution >= 4 is 17.5 Å². The number of anilines is 1. The van der Waals surface area contributed by atoms with E-state index in [2.05, 4.69) is 5.32 Å². The molecule has 0 atom stereocenters. The molecule has 130 valence electrons. The van der Waals surface area contributed by atoms with Crippen molar-refractivity contribution in [2.45, 2.75) is 44.9 Å². The van der Waals surface area contributed by atoms with Gasteiger partial charge in [0.05, 0.1) is 5.56 Å². The van der Waals surface area contributed by atoms with E-state index in [0.717, 1.165) is 51.6 Å². The zero-order chi connectivity index (χ0) is 17.1. The summed E-state index contributed by atoms with van der Waals surface area (Å²) in [7, 11) is 1.61. The van der Waals surface area contributed by atoms with E-state index >= 15 is 0 Å². The van der Waals surface area contributed by atoms with Crippen molar-refractivity contribution < 1.29 is 9.59 Å². The molecule has 6 nitrogen and oxygen atoms in total. The number of hydrogen-bond donors (Lipinski definition) is 1. The van der Waals surface area contributed by atoms with Crippen molar-refractivity contribution in [1.29, 1.82) is 0 Å².